The summed E-state index contributed by atoms with van der Waals surface area (Å²) in [6, 6.07) is 21.2. The largest absolute Gasteiger partial charge is 0.325 e. The van der Waals surface area contributed by atoms with Gasteiger partial charge in [-0.1, -0.05) is 54.4 Å². The average Bonchev–Trinajstić information content (AvgIpc) is 2.73. The molecule has 30 heavy (non-hydrogen) atoms. The lowest BCUT2D eigenvalue weighted by atomic mass is 10.1. The summed E-state index contributed by atoms with van der Waals surface area (Å²) in [5.41, 5.74) is 4.21. The molecule has 0 unspecified atom stereocenters. The lowest BCUT2D eigenvalue weighted by Crippen LogP contribution is -2.38. The molecule has 0 bridgehead atoms. The molecule has 0 aliphatic heterocycles. The quantitative estimate of drug-likeness (QED) is 0.600. The van der Waals surface area contributed by atoms with Crippen molar-refractivity contribution in [2.75, 3.05) is 16.2 Å². The lowest BCUT2D eigenvalue weighted by molar-refractivity contribution is -0.114. The summed E-state index contributed by atoms with van der Waals surface area (Å²) < 4.78 is 27.8. The van der Waals surface area contributed by atoms with Gasteiger partial charge in [0.05, 0.1) is 10.6 Å². The number of carbonyl (C=O) groups is 1. The molecule has 0 fully saturated rings. The van der Waals surface area contributed by atoms with Crippen LogP contribution in [-0.4, -0.2) is 20.9 Å². The molecule has 3 rings (SSSR count). The summed E-state index contributed by atoms with van der Waals surface area (Å²) in [6.45, 7) is 5.55. The number of hydrogen-bond donors (Lipinski definition) is 1. The van der Waals surface area contributed by atoms with E-state index < -0.39 is 15.9 Å². The molecule has 5 nitrogen and oxygen atoms in total. The highest BCUT2D eigenvalue weighted by Gasteiger charge is 2.27. The van der Waals surface area contributed by atoms with Crippen LogP contribution < -0.4 is 9.62 Å². The van der Waals surface area contributed by atoms with Gasteiger partial charge in [0.1, 0.15) is 6.54 Å². The van der Waals surface area contributed by atoms with Crippen molar-refractivity contribution in [3.63, 3.8) is 0 Å². The summed E-state index contributed by atoms with van der Waals surface area (Å²) in [6.07, 6.45) is 0.907. The van der Waals surface area contributed by atoms with Gasteiger partial charge in [-0.15, -0.1) is 0 Å². The van der Waals surface area contributed by atoms with Crippen molar-refractivity contribution in [1.29, 1.82) is 0 Å². The maximum Gasteiger partial charge on any atom is 0.264 e. The fourth-order valence-electron chi connectivity index (χ4n) is 3.02. The molecule has 0 aliphatic rings. The van der Waals surface area contributed by atoms with Crippen molar-refractivity contribution in [1.82, 2.24) is 0 Å². The Hall–Kier alpha value is -3.12. The maximum atomic E-state index is 13.3. The van der Waals surface area contributed by atoms with E-state index in [1.54, 1.807) is 36.4 Å². The van der Waals surface area contributed by atoms with Crippen molar-refractivity contribution < 1.29 is 13.2 Å². The molecule has 0 spiro atoms. The van der Waals surface area contributed by atoms with Crippen LogP contribution in [-0.2, 0) is 21.2 Å². The molecule has 0 radical (unpaired) electrons. The van der Waals surface area contributed by atoms with E-state index >= 15 is 0 Å². The number of hydrogen-bond acceptors (Lipinski definition) is 3. The van der Waals surface area contributed by atoms with E-state index in [4.69, 9.17) is 0 Å². The molecule has 156 valence electrons. The molecule has 1 amide bonds. The highest BCUT2D eigenvalue weighted by molar-refractivity contribution is 7.92. The number of nitrogens with one attached hydrogen (secondary N) is 1. The normalized spacial score (nSPS) is 11.2. The van der Waals surface area contributed by atoms with Crippen LogP contribution >= 0.6 is 0 Å². The van der Waals surface area contributed by atoms with Crippen LogP contribution in [0, 0.1) is 13.8 Å². The first-order valence-electron chi connectivity index (χ1n) is 9.84. The fourth-order valence-corrected chi connectivity index (χ4v) is 4.44. The minimum atomic E-state index is -3.91. The zero-order chi connectivity index (χ0) is 21.7. The summed E-state index contributed by atoms with van der Waals surface area (Å²) >= 11 is 0. The Morgan fingerprint density at radius 2 is 1.37 bits per heavy atom. The fraction of sp³-hybridized carbons (Fsp3) is 0.208. The maximum absolute atomic E-state index is 13.3. The Morgan fingerprint density at radius 1 is 0.833 bits per heavy atom. The van der Waals surface area contributed by atoms with Crippen LogP contribution in [0.4, 0.5) is 11.4 Å². The Morgan fingerprint density at radius 3 is 1.90 bits per heavy atom. The zero-order valence-corrected chi connectivity index (χ0v) is 18.2. The van der Waals surface area contributed by atoms with Crippen LogP contribution in [0.5, 0.6) is 0 Å². The first kappa shape index (κ1) is 21.6. The van der Waals surface area contributed by atoms with Gasteiger partial charge in [0, 0.05) is 5.69 Å². The van der Waals surface area contributed by atoms with Gasteiger partial charge < -0.3 is 5.32 Å². The number of benzene rings is 3. The Balaban J connectivity index is 1.90. The number of sulfonamides is 1. The summed E-state index contributed by atoms with van der Waals surface area (Å²) in [5.74, 6) is -0.407. The van der Waals surface area contributed by atoms with E-state index in [0.717, 1.165) is 27.4 Å². The van der Waals surface area contributed by atoms with Crippen LogP contribution in [0.2, 0.25) is 0 Å². The van der Waals surface area contributed by atoms with Gasteiger partial charge >= 0.3 is 0 Å². The van der Waals surface area contributed by atoms with Gasteiger partial charge in [0.2, 0.25) is 5.91 Å². The van der Waals surface area contributed by atoms with Gasteiger partial charge in [-0.05, 0) is 62.2 Å². The van der Waals surface area contributed by atoms with Crippen molar-refractivity contribution in [2.45, 2.75) is 32.1 Å². The van der Waals surface area contributed by atoms with E-state index in [0.29, 0.717) is 11.4 Å². The molecule has 1 N–H and O–H groups in total. The molecule has 0 saturated carbocycles. The molecular formula is C24H26N2O3S. The molecule has 0 aromatic heterocycles. The Bertz CT molecular complexity index is 1100. The minimum Gasteiger partial charge on any atom is -0.325 e. The van der Waals surface area contributed by atoms with E-state index in [2.05, 4.69) is 12.2 Å². The SMILES string of the molecule is CCc1ccc(NC(=O)CN(c2ccc(C)cc2)S(=O)(=O)c2ccc(C)cc2)cc1. The average molecular weight is 423 g/mol. The smallest absolute Gasteiger partial charge is 0.264 e. The number of rotatable bonds is 7. The summed E-state index contributed by atoms with van der Waals surface area (Å²) in [5, 5.41) is 2.79. The second-order valence-electron chi connectivity index (χ2n) is 7.26. The van der Waals surface area contributed by atoms with Gasteiger partial charge in [0.15, 0.2) is 0 Å². The van der Waals surface area contributed by atoms with Crippen LogP contribution in [0.1, 0.15) is 23.6 Å². The van der Waals surface area contributed by atoms with Crippen molar-refractivity contribution >= 4 is 27.3 Å². The number of aryl methyl sites for hydroxylation is 3. The number of nitrogens with zero attached hydrogens (tertiary/aromatic N) is 1. The number of anilines is 2. The molecule has 0 saturated heterocycles. The molecule has 3 aromatic carbocycles. The van der Waals surface area contributed by atoms with E-state index in [1.165, 1.54) is 0 Å². The van der Waals surface area contributed by atoms with Gasteiger partial charge in [0.25, 0.3) is 10.0 Å². The predicted molar refractivity (Wildman–Crippen MR) is 121 cm³/mol. The van der Waals surface area contributed by atoms with Gasteiger partial charge in [-0.3, -0.25) is 9.10 Å². The monoisotopic (exact) mass is 422 g/mol. The highest BCUT2D eigenvalue weighted by atomic mass is 32.2. The summed E-state index contributed by atoms with van der Waals surface area (Å²) in [7, 11) is -3.91. The lowest BCUT2D eigenvalue weighted by Gasteiger charge is -2.24. The molecule has 6 heteroatoms. The predicted octanol–water partition coefficient (Wildman–Crippen LogP) is 4.70. The molecule has 0 atom stereocenters. The van der Waals surface area contributed by atoms with Crippen LogP contribution in [0.25, 0.3) is 0 Å². The molecule has 3 aromatic rings. The van der Waals surface area contributed by atoms with Crippen molar-refractivity contribution in [3.8, 4) is 0 Å². The van der Waals surface area contributed by atoms with Gasteiger partial charge in [-0.2, -0.15) is 0 Å². The second kappa shape index (κ2) is 9.13. The van der Waals surface area contributed by atoms with E-state index in [-0.39, 0.29) is 11.4 Å². The second-order valence-corrected chi connectivity index (χ2v) is 9.12. The molecule has 0 heterocycles. The number of amides is 1. The highest BCUT2D eigenvalue weighted by Crippen LogP contribution is 2.24. The van der Waals surface area contributed by atoms with E-state index in [1.807, 2.05) is 50.2 Å². The third-order valence-electron chi connectivity index (χ3n) is 4.86. The molecule has 0 aliphatic carbocycles. The first-order chi connectivity index (χ1) is 14.3. The summed E-state index contributed by atoms with van der Waals surface area (Å²) in [4.78, 5) is 12.9. The Labute approximate surface area is 178 Å². The van der Waals surface area contributed by atoms with Crippen molar-refractivity contribution in [2.24, 2.45) is 0 Å². The van der Waals surface area contributed by atoms with Gasteiger partial charge in [-0.25, -0.2) is 8.42 Å². The van der Waals surface area contributed by atoms with E-state index in [9.17, 15) is 13.2 Å². The first-order valence-corrected chi connectivity index (χ1v) is 11.3. The molecular weight excluding hydrogens is 396 g/mol. The minimum absolute atomic E-state index is 0.147. The zero-order valence-electron chi connectivity index (χ0n) is 17.4. The van der Waals surface area contributed by atoms with Crippen LogP contribution in [0.3, 0.4) is 0 Å². The van der Waals surface area contributed by atoms with Crippen LogP contribution in [0.15, 0.2) is 77.7 Å². The topological polar surface area (TPSA) is 66.5 Å². The third-order valence-corrected chi connectivity index (χ3v) is 6.65. The third kappa shape index (κ3) is 5.07. The number of carbonyl (C=O) groups excluding carboxylic acids is 1. The standard InChI is InChI=1S/C24H26N2O3S/c1-4-20-9-11-21(12-10-20)25-24(27)17-26(22-13-5-18(2)6-14-22)30(28,29)23-15-7-19(3)8-16-23/h5-16H,4,17H2,1-3H3,(H,25,27). The Kier molecular flexibility index (Phi) is 6.57. The van der Waals surface area contributed by atoms with Crippen molar-refractivity contribution in [3.05, 3.63) is 89.5 Å².